The normalized spacial score (nSPS) is 10.9. The van der Waals surface area contributed by atoms with Gasteiger partial charge in [0.15, 0.2) is 0 Å². The van der Waals surface area contributed by atoms with Gasteiger partial charge in [-0.25, -0.2) is 0 Å². The SMILES string of the molecule is COc1cc(/C=C/c2ccc(O)cc2)cc(CO)c1.OCc1cc(O)cc(/C=C/c2ccc(O)cc2)c1. The van der Waals surface area contributed by atoms with Crippen LogP contribution in [-0.2, 0) is 13.2 Å². The number of phenols is 3. The van der Waals surface area contributed by atoms with Crippen LogP contribution in [0.1, 0.15) is 33.4 Å². The van der Waals surface area contributed by atoms with Crippen molar-refractivity contribution in [2.45, 2.75) is 13.2 Å². The largest absolute Gasteiger partial charge is 0.508 e. The van der Waals surface area contributed by atoms with Gasteiger partial charge < -0.3 is 30.3 Å². The predicted octanol–water partition coefficient (Wildman–Crippen LogP) is 5.82. The highest BCUT2D eigenvalue weighted by Crippen LogP contribution is 2.20. The van der Waals surface area contributed by atoms with Crippen molar-refractivity contribution in [3.63, 3.8) is 0 Å². The number of hydrogen-bond acceptors (Lipinski definition) is 6. The van der Waals surface area contributed by atoms with Crippen LogP contribution in [-0.4, -0.2) is 32.6 Å². The van der Waals surface area contributed by atoms with Gasteiger partial charge in [0, 0.05) is 0 Å². The van der Waals surface area contributed by atoms with Crippen LogP contribution in [0.4, 0.5) is 0 Å². The highest BCUT2D eigenvalue weighted by Gasteiger charge is 1.99. The number of ether oxygens (including phenoxy) is 1. The van der Waals surface area contributed by atoms with Crippen molar-refractivity contribution < 1.29 is 30.3 Å². The predicted molar refractivity (Wildman–Crippen MR) is 147 cm³/mol. The van der Waals surface area contributed by atoms with Crippen molar-refractivity contribution in [2.24, 2.45) is 0 Å². The third-order valence-electron chi connectivity index (χ3n) is 5.31. The summed E-state index contributed by atoms with van der Waals surface area (Å²) < 4.78 is 5.19. The van der Waals surface area contributed by atoms with Crippen LogP contribution in [0.2, 0.25) is 0 Å². The van der Waals surface area contributed by atoms with E-state index in [4.69, 9.17) is 14.9 Å². The number of rotatable bonds is 7. The minimum Gasteiger partial charge on any atom is -0.508 e. The summed E-state index contributed by atoms with van der Waals surface area (Å²) in [7, 11) is 1.60. The fourth-order valence-electron chi connectivity index (χ4n) is 3.43. The molecule has 0 aromatic heterocycles. The molecule has 6 nitrogen and oxygen atoms in total. The lowest BCUT2D eigenvalue weighted by Gasteiger charge is -2.04. The molecular weight excluding hydrogens is 468 g/mol. The van der Waals surface area contributed by atoms with Crippen LogP contribution < -0.4 is 4.74 Å². The Kier molecular flexibility index (Phi) is 9.91. The molecule has 0 aliphatic carbocycles. The summed E-state index contributed by atoms with van der Waals surface area (Å²) in [5.41, 5.74) is 5.18. The lowest BCUT2D eigenvalue weighted by Crippen LogP contribution is -1.89. The zero-order valence-electron chi connectivity index (χ0n) is 20.5. The van der Waals surface area contributed by atoms with Crippen LogP contribution in [0.15, 0.2) is 84.9 Å². The topological polar surface area (TPSA) is 110 Å². The number of aliphatic hydroxyl groups excluding tert-OH is 2. The van der Waals surface area contributed by atoms with E-state index >= 15 is 0 Å². The molecule has 0 spiro atoms. The number of aromatic hydroxyl groups is 3. The van der Waals surface area contributed by atoms with E-state index in [2.05, 4.69) is 0 Å². The molecule has 0 radical (unpaired) electrons. The van der Waals surface area contributed by atoms with Crippen LogP contribution in [0.25, 0.3) is 24.3 Å². The second-order valence-electron chi connectivity index (χ2n) is 8.21. The molecule has 0 saturated heterocycles. The third kappa shape index (κ3) is 8.89. The molecule has 0 aliphatic rings. The molecule has 0 saturated carbocycles. The molecule has 0 aliphatic heterocycles. The Morgan fingerprint density at radius 2 is 0.946 bits per heavy atom. The standard InChI is InChI=1S/C16H16O3.C15H14O3/c1-19-16-9-13(8-14(10-16)11-17)3-2-12-4-6-15(18)7-5-12;16-10-13-7-12(8-15(18)9-13)2-1-11-3-5-14(17)6-4-11/h2-10,17-18H,11H2,1H3;1-9,16-18H,10H2/b3-2+;2-1+. The molecule has 4 aromatic rings. The Labute approximate surface area is 216 Å². The molecule has 0 heterocycles. The van der Waals surface area contributed by atoms with Crippen molar-refractivity contribution in [3.05, 3.63) is 118 Å². The number of benzene rings is 4. The van der Waals surface area contributed by atoms with Crippen LogP contribution in [0, 0.1) is 0 Å². The van der Waals surface area contributed by atoms with Gasteiger partial charge in [0.25, 0.3) is 0 Å². The zero-order chi connectivity index (χ0) is 26.6. The molecule has 0 fully saturated rings. The van der Waals surface area contributed by atoms with Gasteiger partial charge in [-0.1, -0.05) is 48.6 Å². The first-order valence-electron chi connectivity index (χ1n) is 11.6. The average Bonchev–Trinajstić information content (AvgIpc) is 2.92. The molecule has 0 unspecified atom stereocenters. The van der Waals surface area contributed by atoms with E-state index in [0.717, 1.165) is 33.6 Å². The molecule has 5 N–H and O–H groups in total. The lowest BCUT2D eigenvalue weighted by atomic mass is 10.1. The van der Waals surface area contributed by atoms with Crippen molar-refractivity contribution in [1.82, 2.24) is 0 Å². The van der Waals surface area contributed by atoms with Gasteiger partial charge in [-0.05, 0) is 94.0 Å². The summed E-state index contributed by atoms with van der Waals surface area (Å²) in [6, 6.07) is 24.3. The minimum atomic E-state index is -0.103. The molecule has 4 rings (SSSR count). The van der Waals surface area contributed by atoms with Gasteiger partial charge in [0.05, 0.1) is 20.3 Å². The molecule has 0 bridgehead atoms. The number of aliphatic hydroxyl groups is 2. The van der Waals surface area contributed by atoms with E-state index in [1.54, 1.807) is 61.7 Å². The Bertz CT molecular complexity index is 1320. The first kappa shape index (κ1) is 27.1. The maximum absolute atomic E-state index is 9.48. The maximum Gasteiger partial charge on any atom is 0.119 e. The van der Waals surface area contributed by atoms with Crippen molar-refractivity contribution >= 4 is 24.3 Å². The maximum atomic E-state index is 9.48. The van der Waals surface area contributed by atoms with Gasteiger partial charge in [-0.3, -0.25) is 0 Å². The molecule has 6 heteroatoms. The smallest absolute Gasteiger partial charge is 0.119 e. The summed E-state index contributed by atoms with van der Waals surface area (Å²) in [6.45, 7) is -0.119. The fraction of sp³-hybridized carbons (Fsp3) is 0.0968. The van der Waals surface area contributed by atoms with Gasteiger partial charge in [-0.2, -0.15) is 0 Å². The van der Waals surface area contributed by atoms with Gasteiger partial charge >= 0.3 is 0 Å². The molecule has 190 valence electrons. The van der Waals surface area contributed by atoms with E-state index in [1.165, 1.54) is 6.07 Å². The first-order chi connectivity index (χ1) is 17.9. The molecule has 4 aromatic carbocycles. The van der Waals surface area contributed by atoms with Gasteiger partial charge in [0.1, 0.15) is 23.0 Å². The second kappa shape index (κ2) is 13.5. The summed E-state index contributed by atoms with van der Waals surface area (Å²) in [5.74, 6) is 1.33. The quantitative estimate of drug-likeness (QED) is 0.205. The van der Waals surface area contributed by atoms with Crippen LogP contribution >= 0.6 is 0 Å². The van der Waals surface area contributed by atoms with E-state index < -0.39 is 0 Å². The Balaban J connectivity index is 0.000000206. The average molecular weight is 499 g/mol. The molecule has 0 atom stereocenters. The lowest BCUT2D eigenvalue weighted by molar-refractivity contribution is 0.281. The first-order valence-corrected chi connectivity index (χ1v) is 11.6. The Morgan fingerprint density at radius 1 is 0.514 bits per heavy atom. The Morgan fingerprint density at radius 3 is 1.41 bits per heavy atom. The van der Waals surface area contributed by atoms with E-state index in [9.17, 15) is 15.3 Å². The van der Waals surface area contributed by atoms with Gasteiger partial charge in [-0.15, -0.1) is 0 Å². The summed E-state index contributed by atoms with van der Waals surface area (Å²) in [5, 5.41) is 46.1. The second-order valence-corrected chi connectivity index (χ2v) is 8.21. The summed E-state index contributed by atoms with van der Waals surface area (Å²) in [4.78, 5) is 0. The van der Waals surface area contributed by atoms with Crippen LogP contribution in [0.3, 0.4) is 0 Å². The number of phenolic OH excluding ortho intramolecular Hbond substituents is 3. The number of methoxy groups -OCH3 is 1. The van der Waals surface area contributed by atoms with Crippen molar-refractivity contribution in [1.29, 1.82) is 0 Å². The summed E-state index contributed by atoms with van der Waals surface area (Å²) >= 11 is 0. The summed E-state index contributed by atoms with van der Waals surface area (Å²) in [6.07, 6.45) is 7.59. The molecule has 37 heavy (non-hydrogen) atoms. The highest BCUT2D eigenvalue weighted by atomic mass is 16.5. The van der Waals surface area contributed by atoms with Crippen molar-refractivity contribution in [2.75, 3.05) is 7.11 Å². The van der Waals surface area contributed by atoms with E-state index in [0.29, 0.717) is 5.56 Å². The van der Waals surface area contributed by atoms with Gasteiger partial charge in [0.2, 0.25) is 0 Å². The minimum absolute atomic E-state index is 0.0166. The highest BCUT2D eigenvalue weighted by molar-refractivity contribution is 5.71. The van der Waals surface area contributed by atoms with Crippen molar-refractivity contribution in [3.8, 4) is 23.0 Å². The molecular formula is C31H30O6. The fourth-order valence-corrected chi connectivity index (χ4v) is 3.43. The zero-order valence-corrected chi connectivity index (χ0v) is 20.5. The third-order valence-corrected chi connectivity index (χ3v) is 5.31. The van der Waals surface area contributed by atoms with E-state index in [-0.39, 0.29) is 30.5 Å². The Hall–Kier alpha value is -4.52. The monoisotopic (exact) mass is 498 g/mol. The van der Waals surface area contributed by atoms with E-state index in [1.807, 2.05) is 48.6 Å². The number of hydrogen-bond donors (Lipinski definition) is 5. The molecule has 0 amide bonds. The van der Waals surface area contributed by atoms with Crippen LogP contribution in [0.5, 0.6) is 23.0 Å².